The molecule has 12 heavy (non-hydrogen) atoms. The minimum absolute atomic E-state index is 0.0785. The van der Waals surface area contributed by atoms with Crippen LogP contribution >= 0.6 is 0 Å². The minimum atomic E-state index is -0.277. The van der Waals surface area contributed by atoms with Gasteiger partial charge in [0.05, 0.1) is 0 Å². The molecule has 0 heterocycles. The molecule has 0 spiro atoms. The first-order valence-corrected chi connectivity index (χ1v) is 4.33. The van der Waals surface area contributed by atoms with Gasteiger partial charge in [-0.15, -0.1) is 0 Å². The number of Topliss-reactive ketones (excluding diaryl/α,β-unsaturated/α-hetero) is 3. The van der Waals surface area contributed by atoms with Crippen molar-refractivity contribution in [3.05, 3.63) is 0 Å². The Morgan fingerprint density at radius 2 is 1.25 bits per heavy atom. The van der Waals surface area contributed by atoms with Crippen LogP contribution in [0.25, 0.3) is 0 Å². The molecule has 3 saturated carbocycles. The van der Waals surface area contributed by atoms with Crippen LogP contribution in [0, 0.1) is 23.7 Å². The van der Waals surface area contributed by atoms with Crippen molar-refractivity contribution in [1.82, 2.24) is 0 Å². The number of fused-ring (bicyclic) bond motifs is 5. The van der Waals surface area contributed by atoms with Crippen LogP contribution in [0.3, 0.4) is 0 Å². The Hall–Kier alpha value is -0.990. The molecular formula is C9H8O3. The second-order valence-electron chi connectivity index (χ2n) is 3.97. The van der Waals surface area contributed by atoms with Gasteiger partial charge in [0.1, 0.15) is 5.78 Å². The molecule has 3 aliphatic carbocycles. The number of ketones is 3. The summed E-state index contributed by atoms with van der Waals surface area (Å²) in [5.74, 6) is -0.909. The molecule has 3 aliphatic rings. The number of carbonyl (C=O) groups excluding carboxylic acids is 3. The van der Waals surface area contributed by atoms with Gasteiger partial charge in [-0.3, -0.25) is 14.4 Å². The first-order chi connectivity index (χ1) is 5.72. The van der Waals surface area contributed by atoms with E-state index in [2.05, 4.69) is 0 Å². The van der Waals surface area contributed by atoms with Crippen LogP contribution in [0.15, 0.2) is 0 Å². The zero-order chi connectivity index (χ0) is 8.46. The molecule has 3 nitrogen and oxygen atoms in total. The van der Waals surface area contributed by atoms with E-state index in [0.717, 1.165) is 12.8 Å². The third kappa shape index (κ3) is 0.446. The highest BCUT2D eigenvalue weighted by atomic mass is 16.2. The fraction of sp³-hybridized carbons (Fsp3) is 0.667. The van der Waals surface area contributed by atoms with Crippen molar-refractivity contribution < 1.29 is 14.4 Å². The maximum atomic E-state index is 11.4. The summed E-state index contributed by atoms with van der Waals surface area (Å²) in [4.78, 5) is 33.6. The van der Waals surface area contributed by atoms with E-state index < -0.39 is 0 Å². The summed E-state index contributed by atoms with van der Waals surface area (Å²) in [7, 11) is 0. The van der Waals surface area contributed by atoms with Gasteiger partial charge >= 0.3 is 0 Å². The zero-order valence-electron chi connectivity index (χ0n) is 6.45. The number of hydrogen-bond donors (Lipinski definition) is 0. The number of hydrogen-bond acceptors (Lipinski definition) is 3. The summed E-state index contributed by atoms with van der Waals surface area (Å²) in [6, 6.07) is 0. The first-order valence-electron chi connectivity index (χ1n) is 4.33. The van der Waals surface area contributed by atoms with Gasteiger partial charge in [0, 0.05) is 23.7 Å². The zero-order valence-corrected chi connectivity index (χ0v) is 6.45. The molecule has 0 saturated heterocycles. The smallest absolute Gasteiger partial charge is 0.203 e. The standard InChI is InChI=1S/C9H8O3/c10-7-3-1-2-4(7)6-5(3)8(11)9(6)12/h3-6H,1-2H2. The third-order valence-electron chi connectivity index (χ3n) is 3.62. The Bertz CT molecular complexity index is 288. The summed E-state index contributed by atoms with van der Waals surface area (Å²) in [6.07, 6.45) is 1.67. The van der Waals surface area contributed by atoms with Crippen molar-refractivity contribution in [1.29, 1.82) is 0 Å². The molecular weight excluding hydrogens is 156 g/mol. The lowest BCUT2D eigenvalue weighted by molar-refractivity contribution is -0.155. The summed E-state index contributed by atoms with van der Waals surface area (Å²) in [5, 5.41) is 0. The average Bonchev–Trinajstić information content (AvgIpc) is 2.56. The molecule has 0 aromatic rings. The lowest BCUT2D eigenvalue weighted by Gasteiger charge is -2.34. The van der Waals surface area contributed by atoms with Crippen LogP contribution in [0.4, 0.5) is 0 Å². The monoisotopic (exact) mass is 164 g/mol. The van der Waals surface area contributed by atoms with Crippen molar-refractivity contribution in [2.75, 3.05) is 0 Å². The lowest BCUT2D eigenvalue weighted by Crippen LogP contribution is -2.51. The minimum Gasteiger partial charge on any atom is -0.299 e. The summed E-state index contributed by atoms with van der Waals surface area (Å²) >= 11 is 0. The highest BCUT2D eigenvalue weighted by molar-refractivity contribution is 6.47. The van der Waals surface area contributed by atoms with E-state index in [1.54, 1.807) is 0 Å². The molecule has 3 heteroatoms. The molecule has 62 valence electrons. The second kappa shape index (κ2) is 1.68. The quantitative estimate of drug-likeness (QED) is 0.473. The van der Waals surface area contributed by atoms with Crippen molar-refractivity contribution in [2.24, 2.45) is 23.7 Å². The molecule has 2 bridgehead atoms. The van der Waals surface area contributed by atoms with Crippen molar-refractivity contribution in [3.8, 4) is 0 Å². The van der Waals surface area contributed by atoms with E-state index in [-0.39, 0.29) is 41.0 Å². The Morgan fingerprint density at radius 3 is 1.67 bits per heavy atom. The van der Waals surface area contributed by atoms with Gasteiger partial charge in [-0.1, -0.05) is 0 Å². The molecule has 0 N–H and O–H groups in total. The van der Waals surface area contributed by atoms with Gasteiger partial charge in [-0.2, -0.15) is 0 Å². The molecule has 0 radical (unpaired) electrons. The van der Waals surface area contributed by atoms with E-state index in [9.17, 15) is 14.4 Å². The van der Waals surface area contributed by atoms with Crippen LogP contribution in [0.5, 0.6) is 0 Å². The molecule has 0 amide bonds. The highest BCUT2D eigenvalue weighted by Crippen LogP contribution is 2.55. The van der Waals surface area contributed by atoms with Gasteiger partial charge < -0.3 is 0 Å². The largest absolute Gasteiger partial charge is 0.299 e. The predicted octanol–water partition coefficient (Wildman–Crippen LogP) is -0.0205. The van der Waals surface area contributed by atoms with Crippen LogP contribution < -0.4 is 0 Å². The van der Waals surface area contributed by atoms with Crippen LogP contribution in [-0.4, -0.2) is 17.3 Å². The maximum absolute atomic E-state index is 11.4. The number of carbonyl (C=O) groups is 3. The van der Waals surface area contributed by atoms with E-state index in [0.29, 0.717) is 0 Å². The molecule has 4 atom stereocenters. The van der Waals surface area contributed by atoms with Crippen molar-refractivity contribution >= 4 is 17.3 Å². The molecule has 3 fully saturated rings. The third-order valence-corrected chi connectivity index (χ3v) is 3.62. The molecule has 4 unspecified atom stereocenters. The summed E-state index contributed by atoms with van der Waals surface area (Å²) < 4.78 is 0. The summed E-state index contributed by atoms with van der Waals surface area (Å²) in [6.45, 7) is 0. The maximum Gasteiger partial charge on any atom is 0.203 e. The van der Waals surface area contributed by atoms with E-state index in [1.165, 1.54) is 0 Å². The van der Waals surface area contributed by atoms with Crippen LogP contribution in [0.2, 0.25) is 0 Å². The van der Waals surface area contributed by atoms with Gasteiger partial charge in [-0.05, 0) is 12.8 Å². The molecule has 0 aliphatic heterocycles. The predicted molar refractivity (Wildman–Crippen MR) is 38.2 cm³/mol. The van der Waals surface area contributed by atoms with Gasteiger partial charge in [-0.25, -0.2) is 0 Å². The normalized spacial score (nSPS) is 49.5. The van der Waals surface area contributed by atoms with Crippen molar-refractivity contribution in [3.63, 3.8) is 0 Å². The Kier molecular flexibility index (Phi) is 0.911. The number of rotatable bonds is 0. The fourth-order valence-electron chi connectivity index (χ4n) is 3.06. The Labute approximate surface area is 69.1 Å². The molecule has 0 aromatic heterocycles. The average molecular weight is 164 g/mol. The van der Waals surface area contributed by atoms with E-state index in [4.69, 9.17) is 0 Å². The van der Waals surface area contributed by atoms with E-state index in [1.807, 2.05) is 0 Å². The first kappa shape index (κ1) is 6.52. The van der Waals surface area contributed by atoms with Crippen LogP contribution in [0.1, 0.15) is 12.8 Å². The second-order valence-corrected chi connectivity index (χ2v) is 3.97. The van der Waals surface area contributed by atoms with Gasteiger partial charge in [0.25, 0.3) is 0 Å². The highest BCUT2D eigenvalue weighted by Gasteiger charge is 2.67. The lowest BCUT2D eigenvalue weighted by atomic mass is 9.64. The Morgan fingerprint density at radius 1 is 0.833 bits per heavy atom. The molecule has 3 rings (SSSR count). The molecule has 0 aromatic carbocycles. The topological polar surface area (TPSA) is 51.2 Å². The fourth-order valence-corrected chi connectivity index (χ4v) is 3.06. The van der Waals surface area contributed by atoms with Crippen molar-refractivity contribution in [2.45, 2.75) is 12.8 Å². The van der Waals surface area contributed by atoms with Crippen LogP contribution in [-0.2, 0) is 14.4 Å². The Balaban J connectivity index is 2.07. The summed E-state index contributed by atoms with van der Waals surface area (Å²) in [5.41, 5.74) is 0. The van der Waals surface area contributed by atoms with E-state index >= 15 is 0 Å². The van der Waals surface area contributed by atoms with Gasteiger partial charge in [0.2, 0.25) is 11.6 Å². The SMILES string of the molecule is O=C1C2CCC1C1C(=O)C(=O)C21. The van der Waals surface area contributed by atoms with Gasteiger partial charge in [0.15, 0.2) is 0 Å².